The molecule has 0 unspecified atom stereocenters. The molecular formula is C22H29NOS. The van der Waals surface area contributed by atoms with Crippen molar-refractivity contribution < 1.29 is 0 Å². The van der Waals surface area contributed by atoms with Crippen molar-refractivity contribution in [3.8, 4) is 0 Å². The van der Waals surface area contributed by atoms with E-state index in [1.807, 2.05) is 13.0 Å². The van der Waals surface area contributed by atoms with Gasteiger partial charge in [0.1, 0.15) is 0 Å². The molecular weight excluding hydrogens is 326 g/mol. The lowest BCUT2D eigenvalue weighted by Crippen LogP contribution is -2.19. The molecule has 0 radical (unpaired) electrons. The van der Waals surface area contributed by atoms with E-state index in [1.54, 1.807) is 6.20 Å². The van der Waals surface area contributed by atoms with E-state index in [0.29, 0.717) is 0 Å². The zero-order valence-electron chi connectivity index (χ0n) is 16.0. The minimum absolute atomic E-state index is 0.0147. The van der Waals surface area contributed by atoms with E-state index in [0.717, 1.165) is 10.5 Å². The predicted octanol–water partition coefficient (Wildman–Crippen LogP) is 6.43. The van der Waals surface area contributed by atoms with Crippen molar-refractivity contribution >= 4 is 17.4 Å². The van der Waals surface area contributed by atoms with Gasteiger partial charge in [-0.05, 0) is 62.7 Å². The average Bonchev–Trinajstić information content (AvgIpc) is 2.91. The Labute approximate surface area is 155 Å². The van der Waals surface area contributed by atoms with Crippen molar-refractivity contribution in [2.24, 2.45) is 5.41 Å². The highest BCUT2D eigenvalue weighted by atomic mass is 32.1. The van der Waals surface area contributed by atoms with Crippen LogP contribution in [0, 0.1) is 5.41 Å². The molecule has 0 atom stereocenters. The molecule has 0 aliphatic heterocycles. The first-order chi connectivity index (χ1) is 11.8. The number of aromatic amines is 1. The van der Waals surface area contributed by atoms with E-state index in [9.17, 15) is 4.79 Å². The Hall–Kier alpha value is -1.87. The predicted molar refractivity (Wildman–Crippen MR) is 111 cm³/mol. The Morgan fingerprint density at radius 3 is 2.64 bits per heavy atom. The monoisotopic (exact) mass is 355 g/mol. The van der Waals surface area contributed by atoms with Crippen molar-refractivity contribution in [3.63, 3.8) is 0 Å². The van der Waals surface area contributed by atoms with Crippen LogP contribution >= 0.6 is 11.3 Å². The van der Waals surface area contributed by atoms with Crippen LogP contribution in [0.25, 0.3) is 6.08 Å². The summed E-state index contributed by atoms with van der Waals surface area (Å²) in [6.45, 7) is 11.1. The number of hydrogen-bond acceptors (Lipinski definition) is 2. The highest BCUT2D eigenvalue weighted by Gasteiger charge is 2.26. The second kappa shape index (κ2) is 8.48. The fourth-order valence-corrected chi connectivity index (χ4v) is 3.97. The van der Waals surface area contributed by atoms with Crippen LogP contribution in [0.15, 0.2) is 63.7 Å². The summed E-state index contributed by atoms with van der Waals surface area (Å²) in [6, 6.07) is 0. The standard InChI is InChI=1S/C22H29NOS/c1-16(11-12-20-18(3)10-7-13-22(20,4)5)8-6-9-17(2)14-19-15-23-21(24)25-19/h6,8-9,11-12,14-15H,7,10,13H2,1-5H3,(H,23,24)/b9-6+,12-11+,16-8+,17-14+. The maximum absolute atomic E-state index is 11.1. The van der Waals surface area contributed by atoms with Gasteiger partial charge < -0.3 is 4.98 Å². The van der Waals surface area contributed by atoms with Gasteiger partial charge in [0.25, 0.3) is 0 Å². The van der Waals surface area contributed by atoms with Crippen LogP contribution in [-0.2, 0) is 0 Å². The second-order valence-electron chi connectivity index (χ2n) is 7.50. The number of hydrogen-bond donors (Lipinski definition) is 1. The molecule has 1 heterocycles. The van der Waals surface area contributed by atoms with Crippen LogP contribution in [0.4, 0.5) is 0 Å². The summed E-state index contributed by atoms with van der Waals surface area (Å²) in [5, 5.41) is 0. The SMILES string of the molecule is CC1=C(/C=C/C(C)=C/C=C/C(C)=C/c2c[nH]c(=O)s2)C(C)(C)CCC1. The van der Waals surface area contributed by atoms with Crippen LogP contribution in [0.3, 0.4) is 0 Å². The van der Waals surface area contributed by atoms with E-state index >= 15 is 0 Å². The van der Waals surface area contributed by atoms with E-state index in [-0.39, 0.29) is 10.3 Å². The zero-order valence-corrected chi connectivity index (χ0v) is 16.8. The first-order valence-corrected chi connectivity index (χ1v) is 9.70. The molecule has 134 valence electrons. The summed E-state index contributed by atoms with van der Waals surface area (Å²) in [7, 11) is 0. The lowest BCUT2D eigenvalue weighted by Gasteiger charge is -2.32. The first kappa shape index (κ1) is 19.5. The normalized spacial score (nSPS) is 19.4. The van der Waals surface area contributed by atoms with Gasteiger partial charge in [-0.2, -0.15) is 0 Å². The molecule has 25 heavy (non-hydrogen) atoms. The molecule has 1 N–H and O–H groups in total. The summed E-state index contributed by atoms with van der Waals surface area (Å²) < 4.78 is 0. The average molecular weight is 356 g/mol. The van der Waals surface area contributed by atoms with E-state index in [1.165, 1.54) is 47.3 Å². The Bertz CT molecular complexity index is 809. The molecule has 0 aromatic carbocycles. The van der Waals surface area contributed by atoms with Gasteiger partial charge in [-0.1, -0.05) is 66.7 Å². The Morgan fingerprint density at radius 2 is 2.00 bits per heavy atom. The summed E-state index contributed by atoms with van der Waals surface area (Å²) >= 11 is 1.23. The molecule has 0 saturated carbocycles. The van der Waals surface area contributed by atoms with Gasteiger partial charge in [-0.25, -0.2) is 0 Å². The second-order valence-corrected chi connectivity index (χ2v) is 8.55. The number of H-pyrrole nitrogens is 1. The maximum Gasteiger partial charge on any atom is 0.305 e. The van der Waals surface area contributed by atoms with Gasteiger partial charge in [-0.3, -0.25) is 4.79 Å². The molecule has 3 heteroatoms. The van der Waals surface area contributed by atoms with Gasteiger partial charge in [0.2, 0.25) is 0 Å². The molecule has 0 fully saturated rings. The Balaban J connectivity index is 2.04. The summed E-state index contributed by atoms with van der Waals surface area (Å²) in [5.41, 5.74) is 5.66. The van der Waals surface area contributed by atoms with E-state index in [2.05, 4.69) is 63.1 Å². The highest BCUT2D eigenvalue weighted by molar-refractivity contribution is 7.10. The largest absolute Gasteiger partial charge is 0.319 e. The third-order valence-electron chi connectivity index (χ3n) is 4.69. The number of thiazole rings is 1. The maximum atomic E-state index is 11.1. The fourth-order valence-electron chi connectivity index (χ4n) is 3.27. The van der Waals surface area contributed by atoms with Gasteiger partial charge >= 0.3 is 4.87 Å². The molecule has 1 aliphatic carbocycles. The highest BCUT2D eigenvalue weighted by Crippen LogP contribution is 2.40. The Kier molecular flexibility index (Phi) is 6.60. The first-order valence-electron chi connectivity index (χ1n) is 8.88. The van der Waals surface area contributed by atoms with Crippen molar-refractivity contribution in [2.45, 2.75) is 53.9 Å². The van der Waals surface area contributed by atoms with Crippen LogP contribution in [-0.4, -0.2) is 4.98 Å². The molecule has 0 amide bonds. The third-order valence-corrected chi connectivity index (χ3v) is 5.46. The smallest absolute Gasteiger partial charge is 0.305 e. The number of rotatable bonds is 5. The van der Waals surface area contributed by atoms with Crippen LogP contribution in [0.1, 0.15) is 58.8 Å². The zero-order chi connectivity index (χ0) is 18.4. The summed E-state index contributed by atoms with van der Waals surface area (Å²) in [6.07, 6.45) is 18.3. The van der Waals surface area contributed by atoms with E-state index < -0.39 is 0 Å². The number of allylic oxidation sites excluding steroid dienone is 9. The van der Waals surface area contributed by atoms with Gasteiger partial charge in [-0.15, -0.1) is 0 Å². The Morgan fingerprint density at radius 1 is 1.24 bits per heavy atom. The lowest BCUT2D eigenvalue weighted by atomic mass is 9.72. The van der Waals surface area contributed by atoms with Crippen molar-refractivity contribution in [1.29, 1.82) is 0 Å². The van der Waals surface area contributed by atoms with Gasteiger partial charge in [0.05, 0.1) is 0 Å². The summed E-state index contributed by atoms with van der Waals surface area (Å²) in [4.78, 5) is 14.8. The minimum atomic E-state index is -0.0147. The molecule has 1 aromatic heterocycles. The minimum Gasteiger partial charge on any atom is -0.319 e. The van der Waals surface area contributed by atoms with Gasteiger partial charge in [0, 0.05) is 11.1 Å². The van der Waals surface area contributed by atoms with Crippen LogP contribution < -0.4 is 4.87 Å². The number of aromatic nitrogens is 1. The van der Waals surface area contributed by atoms with Crippen molar-refractivity contribution in [2.75, 3.05) is 0 Å². The molecule has 1 aliphatic rings. The molecule has 0 bridgehead atoms. The van der Waals surface area contributed by atoms with Crippen molar-refractivity contribution in [3.05, 3.63) is 73.4 Å². The lowest BCUT2D eigenvalue weighted by molar-refractivity contribution is 0.377. The molecule has 2 nitrogen and oxygen atoms in total. The van der Waals surface area contributed by atoms with Gasteiger partial charge in [0.15, 0.2) is 0 Å². The number of nitrogens with one attached hydrogen (secondary N) is 1. The quantitative estimate of drug-likeness (QED) is 0.607. The van der Waals surface area contributed by atoms with Crippen molar-refractivity contribution in [1.82, 2.24) is 4.98 Å². The molecule has 0 spiro atoms. The fraction of sp³-hybridized carbons (Fsp3) is 0.409. The topological polar surface area (TPSA) is 32.9 Å². The molecule has 0 saturated heterocycles. The molecule has 2 rings (SSSR count). The van der Waals surface area contributed by atoms with Crippen LogP contribution in [0.2, 0.25) is 0 Å². The van der Waals surface area contributed by atoms with E-state index in [4.69, 9.17) is 0 Å². The summed E-state index contributed by atoms with van der Waals surface area (Å²) in [5.74, 6) is 0. The third kappa shape index (κ3) is 5.86. The molecule has 1 aromatic rings. The van der Waals surface area contributed by atoms with Crippen LogP contribution in [0.5, 0.6) is 0 Å².